The number of ether oxygens (including phenoxy) is 1. The van der Waals surface area contributed by atoms with Gasteiger partial charge < -0.3 is 20.7 Å². The molecule has 2 amide bonds. The third-order valence-electron chi connectivity index (χ3n) is 3.68. The van der Waals surface area contributed by atoms with Crippen LogP contribution in [0.2, 0.25) is 0 Å². The molecule has 25 heavy (non-hydrogen) atoms. The molecule has 0 aliphatic heterocycles. The number of hydrogen-bond acceptors (Lipinski definition) is 5. The summed E-state index contributed by atoms with van der Waals surface area (Å²) < 4.78 is 4.90. The zero-order chi connectivity index (χ0) is 19.0. The standard InChI is InChI=1S/C18H27N3O4/c1-11(2)16(19-5)18(24)20-12(3)17(23)21-15-8-6-14(7-9-15)10-25-13(4)22/h6-9,11-12,16,19H,10H2,1-5H3,(H,20,24)(H,21,23)/t12-,16-/m0/s1. The van der Waals surface area contributed by atoms with Gasteiger partial charge in [-0.3, -0.25) is 14.4 Å². The summed E-state index contributed by atoms with van der Waals surface area (Å²) in [5, 5.41) is 8.39. The van der Waals surface area contributed by atoms with Crippen molar-refractivity contribution in [3.8, 4) is 0 Å². The van der Waals surface area contributed by atoms with E-state index in [0.29, 0.717) is 5.69 Å². The molecular weight excluding hydrogens is 322 g/mol. The number of esters is 1. The van der Waals surface area contributed by atoms with Crippen molar-refractivity contribution in [3.05, 3.63) is 29.8 Å². The molecule has 7 heteroatoms. The predicted molar refractivity (Wildman–Crippen MR) is 95.8 cm³/mol. The normalized spacial score (nSPS) is 13.0. The molecule has 0 bridgehead atoms. The van der Waals surface area contributed by atoms with Crippen LogP contribution in [0.4, 0.5) is 5.69 Å². The summed E-state index contributed by atoms with van der Waals surface area (Å²) in [5.74, 6) is -0.746. The van der Waals surface area contributed by atoms with Crippen molar-refractivity contribution >= 4 is 23.5 Å². The minimum Gasteiger partial charge on any atom is -0.461 e. The fraction of sp³-hybridized carbons (Fsp3) is 0.500. The first-order valence-electron chi connectivity index (χ1n) is 8.25. The van der Waals surface area contributed by atoms with E-state index in [0.717, 1.165) is 5.56 Å². The van der Waals surface area contributed by atoms with Crippen LogP contribution >= 0.6 is 0 Å². The quantitative estimate of drug-likeness (QED) is 0.617. The second-order valence-corrected chi connectivity index (χ2v) is 6.21. The molecular formula is C18H27N3O4. The maximum Gasteiger partial charge on any atom is 0.302 e. The average Bonchev–Trinajstić information content (AvgIpc) is 2.54. The van der Waals surface area contributed by atoms with Gasteiger partial charge in [-0.1, -0.05) is 26.0 Å². The van der Waals surface area contributed by atoms with Crippen LogP contribution in [0.1, 0.15) is 33.3 Å². The first-order chi connectivity index (χ1) is 11.7. The zero-order valence-electron chi connectivity index (χ0n) is 15.4. The van der Waals surface area contributed by atoms with Crippen LogP contribution in [0.15, 0.2) is 24.3 Å². The summed E-state index contributed by atoms with van der Waals surface area (Å²) in [6.45, 7) is 7.04. The number of nitrogens with one attached hydrogen (secondary N) is 3. The molecule has 2 atom stereocenters. The maximum atomic E-state index is 12.2. The summed E-state index contributed by atoms with van der Waals surface area (Å²) >= 11 is 0. The van der Waals surface area contributed by atoms with Crippen molar-refractivity contribution in [2.45, 2.75) is 46.4 Å². The van der Waals surface area contributed by atoms with E-state index in [1.807, 2.05) is 13.8 Å². The van der Waals surface area contributed by atoms with Gasteiger partial charge in [-0.25, -0.2) is 0 Å². The van der Waals surface area contributed by atoms with E-state index in [9.17, 15) is 14.4 Å². The van der Waals surface area contributed by atoms with E-state index in [2.05, 4.69) is 16.0 Å². The van der Waals surface area contributed by atoms with Gasteiger partial charge in [-0.15, -0.1) is 0 Å². The summed E-state index contributed by atoms with van der Waals surface area (Å²) in [7, 11) is 1.71. The SMILES string of the molecule is CN[C@H](C(=O)N[C@@H](C)C(=O)Nc1ccc(COC(C)=O)cc1)C(C)C. The third-order valence-corrected chi connectivity index (χ3v) is 3.68. The Bertz CT molecular complexity index is 599. The zero-order valence-corrected chi connectivity index (χ0v) is 15.4. The number of amides is 2. The van der Waals surface area contributed by atoms with Crippen LogP contribution in [-0.2, 0) is 25.7 Å². The molecule has 138 valence electrons. The Morgan fingerprint density at radius 3 is 2.12 bits per heavy atom. The van der Waals surface area contributed by atoms with Crippen LogP contribution in [0.5, 0.6) is 0 Å². The average molecular weight is 349 g/mol. The molecule has 0 aliphatic carbocycles. The molecule has 0 aliphatic rings. The van der Waals surface area contributed by atoms with Gasteiger partial charge in [0.25, 0.3) is 0 Å². The lowest BCUT2D eigenvalue weighted by molar-refractivity contribution is -0.142. The molecule has 1 aromatic rings. The number of anilines is 1. The van der Waals surface area contributed by atoms with Crippen molar-refractivity contribution in [3.63, 3.8) is 0 Å². The lowest BCUT2D eigenvalue weighted by Gasteiger charge is -2.22. The van der Waals surface area contributed by atoms with Crippen molar-refractivity contribution in [1.82, 2.24) is 10.6 Å². The number of rotatable bonds is 8. The Morgan fingerprint density at radius 1 is 1.04 bits per heavy atom. The predicted octanol–water partition coefficient (Wildman–Crippen LogP) is 1.44. The van der Waals surface area contributed by atoms with Crippen molar-refractivity contribution in [2.24, 2.45) is 5.92 Å². The molecule has 0 saturated carbocycles. The molecule has 0 saturated heterocycles. The monoisotopic (exact) mass is 349 g/mol. The van der Waals surface area contributed by atoms with Crippen molar-refractivity contribution < 1.29 is 19.1 Å². The molecule has 0 spiro atoms. The highest BCUT2D eigenvalue weighted by molar-refractivity contribution is 5.97. The van der Waals surface area contributed by atoms with E-state index < -0.39 is 6.04 Å². The lowest BCUT2D eigenvalue weighted by Crippen LogP contribution is -2.51. The largest absolute Gasteiger partial charge is 0.461 e. The fourth-order valence-corrected chi connectivity index (χ4v) is 2.26. The van der Waals surface area contributed by atoms with Gasteiger partial charge in [0, 0.05) is 12.6 Å². The van der Waals surface area contributed by atoms with Crippen LogP contribution in [0.3, 0.4) is 0 Å². The van der Waals surface area contributed by atoms with Gasteiger partial charge in [0.1, 0.15) is 12.6 Å². The molecule has 0 unspecified atom stereocenters. The topological polar surface area (TPSA) is 96.5 Å². The van der Waals surface area contributed by atoms with E-state index in [4.69, 9.17) is 4.74 Å². The van der Waals surface area contributed by atoms with Crippen LogP contribution in [-0.4, -0.2) is 36.9 Å². The smallest absolute Gasteiger partial charge is 0.302 e. The maximum absolute atomic E-state index is 12.2. The second-order valence-electron chi connectivity index (χ2n) is 6.21. The summed E-state index contributed by atoms with van der Waals surface area (Å²) in [6.07, 6.45) is 0. The van der Waals surface area contributed by atoms with Crippen LogP contribution in [0.25, 0.3) is 0 Å². The fourth-order valence-electron chi connectivity index (χ4n) is 2.26. The van der Waals surface area contributed by atoms with Gasteiger partial charge in [-0.05, 0) is 37.6 Å². The van der Waals surface area contributed by atoms with Crippen molar-refractivity contribution in [2.75, 3.05) is 12.4 Å². The van der Waals surface area contributed by atoms with E-state index in [1.54, 1.807) is 38.2 Å². The summed E-state index contributed by atoms with van der Waals surface area (Å²) in [5.41, 5.74) is 1.43. The molecule has 1 aromatic carbocycles. The highest BCUT2D eigenvalue weighted by Crippen LogP contribution is 2.11. The minimum absolute atomic E-state index is 0.116. The summed E-state index contributed by atoms with van der Waals surface area (Å²) in [6, 6.07) is 5.94. The van der Waals surface area contributed by atoms with Crippen LogP contribution < -0.4 is 16.0 Å². The number of likely N-dealkylation sites (N-methyl/N-ethyl adjacent to an activating group) is 1. The first kappa shape index (κ1) is 20.6. The first-order valence-corrected chi connectivity index (χ1v) is 8.25. The van der Waals surface area contributed by atoms with Gasteiger partial charge in [0.2, 0.25) is 11.8 Å². The van der Waals surface area contributed by atoms with E-state index in [-0.39, 0.29) is 36.4 Å². The number of hydrogen-bond donors (Lipinski definition) is 3. The van der Waals surface area contributed by atoms with Gasteiger partial charge in [0.05, 0.1) is 6.04 Å². The van der Waals surface area contributed by atoms with Gasteiger partial charge in [-0.2, -0.15) is 0 Å². The van der Waals surface area contributed by atoms with Gasteiger partial charge >= 0.3 is 5.97 Å². The highest BCUT2D eigenvalue weighted by Gasteiger charge is 2.23. The Kier molecular flexibility index (Phi) is 8.07. The third kappa shape index (κ3) is 6.93. The Morgan fingerprint density at radius 2 is 1.64 bits per heavy atom. The Hall–Kier alpha value is -2.41. The van der Waals surface area contributed by atoms with Gasteiger partial charge in [0.15, 0.2) is 0 Å². The van der Waals surface area contributed by atoms with E-state index in [1.165, 1.54) is 6.92 Å². The van der Waals surface area contributed by atoms with Crippen LogP contribution in [0, 0.1) is 5.92 Å². The summed E-state index contributed by atoms with van der Waals surface area (Å²) in [4.78, 5) is 35.2. The molecule has 7 nitrogen and oxygen atoms in total. The molecule has 0 aromatic heterocycles. The Balaban J connectivity index is 2.57. The molecule has 0 heterocycles. The Labute approximate surface area is 148 Å². The second kappa shape index (κ2) is 9.78. The lowest BCUT2D eigenvalue weighted by atomic mass is 10.0. The number of benzene rings is 1. The molecule has 3 N–H and O–H groups in total. The van der Waals surface area contributed by atoms with Crippen molar-refractivity contribution in [1.29, 1.82) is 0 Å². The number of carbonyl (C=O) groups is 3. The number of carbonyl (C=O) groups excluding carboxylic acids is 3. The van der Waals surface area contributed by atoms with E-state index >= 15 is 0 Å². The molecule has 1 rings (SSSR count). The highest BCUT2D eigenvalue weighted by atomic mass is 16.5. The molecule has 0 fully saturated rings. The molecule has 0 radical (unpaired) electrons. The minimum atomic E-state index is -0.664.